The summed E-state index contributed by atoms with van der Waals surface area (Å²) in [5.41, 5.74) is 2.08. The van der Waals surface area contributed by atoms with Crippen LogP contribution in [0.2, 0.25) is 0 Å². The van der Waals surface area contributed by atoms with Crippen molar-refractivity contribution in [3.63, 3.8) is 0 Å². The van der Waals surface area contributed by atoms with Crippen molar-refractivity contribution in [2.75, 3.05) is 33.3 Å². The largest absolute Gasteiger partial charge is 0.444 e. The third-order valence-corrected chi connectivity index (χ3v) is 6.05. The molecule has 5 heteroatoms. The minimum atomic E-state index is 0.0858. The van der Waals surface area contributed by atoms with Gasteiger partial charge in [0.05, 0.1) is 12.3 Å². The molecule has 0 amide bonds. The van der Waals surface area contributed by atoms with E-state index in [1.807, 2.05) is 30.3 Å². The van der Waals surface area contributed by atoms with Crippen LogP contribution in [0.4, 0.5) is 0 Å². The Morgan fingerprint density at radius 1 is 1.24 bits per heavy atom. The number of fused-ring (bicyclic) bond motifs is 1. The molecule has 2 aliphatic heterocycles. The Kier molecular flexibility index (Phi) is 4.63. The maximum Gasteiger partial charge on any atom is 0.226 e. The summed E-state index contributed by atoms with van der Waals surface area (Å²) in [6.45, 7) is 4.24. The summed E-state index contributed by atoms with van der Waals surface area (Å²) in [6, 6.07) is 10.5. The van der Waals surface area contributed by atoms with E-state index in [1.54, 1.807) is 6.26 Å². The Hall–Kier alpha value is -1.69. The maximum atomic E-state index is 10.0. The van der Waals surface area contributed by atoms with Gasteiger partial charge in [0.2, 0.25) is 5.89 Å². The van der Waals surface area contributed by atoms with Gasteiger partial charge < -0.3 is 14.4 Å². The molecule has 4 rings (SSSR count). The average molecular weight is 341 g/mol. The highest BCUT2D eigenvalue weighted by molar-refractivity contribution is 5.52. The molecular weight excluding hydrogens is 314 g/mol. The second-order valence-electron chi connectivity index (χ2n) is 7.62. The van der Waals surface area contributed by atoms with Crippen LogP contribution < -0.4 is 0 Å². The Balaban J connectivity index is 1.45. The van der Waals surface area contributed by atoms with Gasteiger partial charge in [0, 0.05) is 30.1 Å². The number of likely N-dealkylation sites (N-methyl/N-ethyl adjacent to an activating group) is 1. The van der Waals surface area contributed by atoms with Crippen LogP contribution in [0.1, 0.15) is 25.0 Å². The normalized spacial score (nSPS) is 28.0. The number of likely N-dealkylation sites (tertiary alicyclic amines) is 2. The molecule has 134 valence electrons. The van der Waals surface area contributed by atoms with Gasteiger partial charge in [-0.15, -0.1) is 0 Å². The van der Waals surface area contributed by atoms with Crippen molar-refractivity contribution in [3.8, 4) is 11.5 Å². The van der Waals surface area contributed by atoms with E-state index in [2.05, 4.69) is 21.8 Å². The SMILES string of the molecule is CN1CCC[C@]2(CO)CCN(Cc3coc(-c4ccccc4)n3)C[C@@H]12. The first-order chi connectivity index (χ1) is 12.2. The van der Waals surface area contributed by atoms with Crippen molar-refractivity contribution < 1.29 is 9.52 Å². The molecule has 3 heterocycles. The van der Waals surface area contributed by atoms with Gasteiger partial charge in [-0.3, -0.25) is 4.90 Å². The molecular formula is C20H27N3O2. The molecule has 25 heavy (non-hydrogen) atoms. The van der Waals surface area contributed by atoms with Crippen LogP contribution in [0.25, 0.3) is 11.5 Å². The Morgan fingerprint density at radius 3 is 2.88 bits per heavy atom. The average Bonchev–Trinajstić information content (AvgIpc) is 3.12. The number of aromatic nitrogens is 1. The second-order valence-corrected chi connectivity index (χ2v) is 7.62. The third kappa shape index (κ3) is 3.24. The first-order valence-corrected chi connectivity index (χ1v) is 9.23. The van der Waals surface area contributed by atoms with E-state index in [4.69, 9.17) is 4.42 Å². The minimum absolute atomic E-state index is 0.0858. The third-order valence-electron chi connectivity index (χ3n) is 6.05. The fourth-order valence-electron chi connectivity index (χ4n) is 4.54. The quantitative estimate of drug-likeness (QED) is 0.926. The van der Waals surface area contributed by atoms with Gasteiger partial charge in [0.15, 0.2) is 0 Å². The van der Waals surface area contributed by atoms with E-state index >= 15 is 0 Å². The molecule has 2 aliphatic rings. The summed E-state index contributed by atoms with van der Waals surface area (Å²) in [4.78, 5) is 9.55. The zero-order valence-corrected chi connectivity index (χ0v) is 14.9. The van der Waals surface area contributed by atoms with Gasteiger partial charge in [-0.25, -0.2) is 4.98 Å². The van der Waals surface area contributed by atoms with E-state index in [0.717, 1.165) is 50.3 Å². The van der Waals surface area contributed by atoms with Crippen molar-refractivity contribution in [1.29, 1.82) is 0 Å². The Bertz CT molecular complexity index is 702. The fourth-order valence-corrected chi connectivity index (χ4v) is 4.54. The summed E-state index contributed by atoms with van der Waals surface area (Å²) < 4.78 is 5.67. The molecule has 0 spiro atoms. The highest BCUT2D eigenvalue weighted by Gasteiger charge is 2.46. The molecule has 1 aromatic heterocycles. The van der Waals surface area contributed by atoms with Crippen LogP contribution >= 0.6 is 0 Å². The highest BCUT2D eigenvalue weighted by atomic mass is 16.3. The number of benzene rings is 1. The van der Waals surface area contributed by atoms with Crippen molar-refractivity contribution in [3.05, 3.63) is 42.3 Å². The lowest BCUT2D eigenvalue weighted by atomic mass is 9.69. The summed E-state index contributed by atoms with van der Waals surface area (Å²) in [5.74, 6) is 0.687. The summed E-state index contributed by atoms with van der Waals surface area (Å²) in [7, 11) is 2.20. The van der Waals surface area contributed by atoms with E-state index < -0.39 is 0 Å². The number of aliphatic hydroxyl groups is 1. The highest BCUT2D eigenvalue weighted by Crippen LogP contribution is 2.41. The zero-order valence-electron chi connectivity index (χ0n) is 14.9. The first kappa shape index (κ1) is 16.8. The van der Waals surface area contributed by atoms with Crippen molar-refractivity contribution in [2.45, 2.75) is 31.8 Å². The van der Waals surface area contributed by atoms with E-state index in [1.165, 1.54) is 6.42 Å². The summed E-state index contributed by atoms with van der Waals surface area (Å²) in [6.07, 6.45) is 5.18. The van der Waals surface area contributed by atoms with Crippen LogP contribution in [-0.2, 0) is 6.54 Å². The predicted molar refractivity (Wildman–Crippen MR) is 97.0 cm³/mol. The number of aliphatic hydroxyl groups excluding tert-OH is 1. The standard InChI is InChI=1S/C20H27N3O2/c1-22-10-5-8-20(15-24)9-11-23(13-18(20)22)12-17-14-25-19(21-17)16-6-3-2-4-7-16/h2-4,6-7,14,18,24H,5,8-13,15H2,1H3/t18-,20-/m1/s1. The van der Waals surface area contributed by atoms with Crippen LogP contribution in [0.15, 0.2) is 41.0 Å². The van der Waals surface area contributed by atoms with Crippen LogP contribution in [0.5, 0.6) is 0 Å². The second kappa shape index (κ2) is 6.90. The van der Waals surface area contributed by atoms with E-state index in [9.17, 15) is 5.11 Å². The number of piperidine rings is 2. The molecule has 5 nitrogen and oxygen atoms in total. The molecule has 0 saturated carbocycles. The van der Waals surface area contributed by atoms with Crippen LogP contribution in [0, 0.1) is 5.41 Å². The lowest BCUT2D eigenvalue weighted by Gasteiger charge is -2.53. The predicted octanol–water partition coefficient (Wildman–Crippen LogP) is 2.62. The zero-order chi connectivity index (χ0) is 17.3. The molecule has 2 atom stereocenters. The summed E-state index contributed by atoms with van der Waals surface area (Å²) in [5, 5.41) is 10.0. The van der Waals surface area contributed by atoms with Gasteiger partial charge in [-0.2, -0.15) is 0 Å². The van der Waals surface area contributed by atoms with E-state index in [0.29, 0.717) is 18.5 Å². The van der Waals surface area contributed by atoms with Crippen LogP contribution in [0.3, 0.4) is 0 Å². The van der Waals surface area contributed by atoms with Gasteiger partial charge in [-0.05, 0) is 51.5 Å². The topological polar surface area (TPSA) is 52.7 Å². The Labute approximate surface area is 149 Å². The minimum Gasteiger partial charge on any atom is -0.444 e. The molecule has 1 N–H and O–H groups in total. The first-order valence-electron chi connectivity index (χ1n) is 9.23. The monoisotopic (exact) mass is 341 g/mol. The number of hydrogen-bond donors (Lipinski definition) is 1. The Morgan fingerprint density at radius 2 is 2.08 bits per heavy atom. The van der Waals surface area contributed by atoms with Gasteiger partial charge in [-0.1, -0.05) is 18.2 Å². The summed E-state index contributed by atoms with van der Waals surface area (Å²) >= 11 is 0. The van der Waals surface area contributed by atoms with Gasteiger partial charge >= 0.3 is 0 Å². The fraction of sp³-hybridized carbons (Fsp3) is 0.550. The number of nitrogens with zero attached hydrogens (tertiary/aromatic N) is 3. The molecule has 1 aromatic carbocycles. The van der Waals surface area contributed by atoms with Crippen molar-refractivity contribution in [1.82, 2.24) is 14.8 Å². The smallest absolute Gasteiger partial charge is 0.226 e. The van der Waals surface area contributed by atoms with E-state index in [-0.39, 0.29) is 5.41 Å². The van der Waals surface area contributed by atoms with Gasteiger partial charge in [0.1, 0.15) is 6.26 Å². The van der Waals surface area contributed by atoms with Crippen molar-refractivity contribution >= 4 is 0 Å². The molecule has 2 aromatic rings. The van der Waals surface area contributed by atoms with Crippen LogP contribution in [-0.4, -0.2) is 59.2 Å². The number of rotatable bonds is 4. The number of hydrogen-bond acceptors (Lipinski definition) is 5. The molecule has 0 unspecified atom stereocenters. The molecule has 0 bridgehead atoms. The van der Waals surface area contributed by atoms with Gasteiger partial charge in [0.25, 0.3) is 0 Å². The maximum absolute atomic E-state index is 10.0. The molecule has 2 saturated heterocycles. The molecule has 2 fully saturated rings. The molecule has 0 radical (unpaired) electrons. The molecule has 0 aliphatic carbocycles. The lowest BCUT2D eigenvalue weighted by molar-refractivity contribution is -0.0686. The number of oxazole rings is 1. The lowest BCUT2D eigenvalue weighted by Crippen LogP contribution is -2.61. The van der Waals surface area contributed by atoms with Crippen molar-refractivity contribution in [2.24, 2.45) is 5.41 Å².